The van der Waals surface area contributed by atoms with E-state index in [0.29, 0.717) is 11.3 Å². The maximum Gasteiger partial charge on any atom is 0.229 e. The largest absolute Gasteiger partial charge is 0.452 e. The summed E-state index contributed by atoms with van der Waals surface area (Å²) < 4.78 is 7.53. The molecule has 0 atom stereocenters. The zero-order valence-electron chi connectivity index (χ0n) is 10.6. The Labute approximate surface area is 138 Å². The maximum atomic E-state index is 12.6. The first-order valence-electron chi connectivity index (χ1n) is 6.05. The van der Waals surface area contributed by atoms with E-state index >= 15 is 0 Å². The van der Waals surface area contributed by atoms with Gasteiger partial charge >= 0.3 is 0 Å². The van der Waals surface area contributed by atoms with E-state index in [1.807, 2.05) is 49.4 Å². The lowest BCUT2D eigenvalue weighted by molar-refractivity contribution is 0.101. The van der Waals surface area contributed by atoms with Crippen LogP contribution in [0.4, 0.5) is 0 Å². The quantitative estimate of drug-likeness (QED) is 0.397. The fourth-order valence-corrected chi connectivity index (χ4v) is 3.07. The topological polar surface area (TPSA) is 30.2 Å². The summed E-state index contributed by atoms with van der Waals surface area (Å²) in [6, 6.07) is 13.3. The van der Waals surface area contributed by atoms with Crippen LogP contribution in [0.3, 0.4) is 0 Å². The van der Waals surface area contributed by atoms with Crippen molar-refractivity contribution in [1.82, 2.24) is 0 Å². The van der Waals surface area contributed by atoms with Crippen molar-refractivity contribution in [2.45, 2.75) is 6.92 Å². The average Bonchev–Trinajstić information content (AvgIpc) is 2.86. The molecular weight excluding hydrogens is 431 g/mol. The van der Waals surface area contributed by atoms with Crippen molar-refractivity contribution in [3.63, 3.8) is 0 Å². The molecule has 3 aromatic rings. The van der Waals surface area contributed by atoms with Gasteiger partial charge in [0, 0.05) is 19.0 Å². The van der Waals surface area contributed by atoms with Crippen LogP contribution in [0.1, 0.15) is 21.7 Å². The van der Waals surface area contributed by atoms with Crippen molar-refractivity contribution in [3.05, 3.63) is 67.4 Å². The molecule has 1 heterocycles. The van der Waals surface area contributed by atoms with Crippen molar-refractivity contribution in [2.24, 2.45) is 0 Å². The number of aryl methyl sites for hydroxylation is 1. The van der Waals surface area contributed by atoms with Crippen molar-refractivity contribution >= 4 is 55.3 Å². The van der Waals surface area contributed by atoms with Crippen LogP contribution in [0.15, 0.2) is 51.4 Å². The minimum Gasteiger partial charge on any atom is -0.452 e. The van der Waals surface area contributed by atoms with Gasteiger partial charge in [0.15, 0.2) is 5.76 Å². The monoisotopic (exact) mass is 440 g/mol. The zero-order chi connectivity index (χ0) is 14.3. The minimum absolute atomic E-state index is 0.0914. The second-order valence-electron chi connectivity index (χ2n) is 4.56. The minimum atomic E-state index is -0.0914. The number of rotatable bonds is 2. The molecule has 0 aliphatic heterocycles. The van der Waals surface area contributed by atoms with Crippen molar-refractivity contribution in [2.75, 3.05) is 0 Å². The third-order valence-corrected chi connectivity index (χ3v) is 4.57. The van der Waals surface area contributed by atoms with Gasteiger partial charge in [-0.3, -0.25) is 4.79 Å². The molecule has 1 aromatic heterocycles. The van der Waals surface area contributed by atoms with E-state index < -0.39 is 0 Å². The smallest absolute Gasteiger partial charge is 0.229 e. The number of carbonyl (C=O) groups is 1. The van der Waals surface area contributed by atoms with E-state index in [0.717, 1.165) is 24.6 Å². The van der Waals surface area contributed by atoms with Crippen molar-refractivity contribution < 1.29 is 9.21 Å². The van der Waals surface area contributed by atoms with Crippen LogP contribution in [-0.2, 0) is 0 Å². The van der Waals surface area contributed by atoms with E-state index in [1.165, 1.54) is 0 Å². The molecule has 0 unspecified atom stereocenters. The molecule has 2 aromatic carbocycles. The Hall–Kier alpha value is -1.14. The Morgan fingerprint density at radius 3 is 2.75 bits per heavy atom. The molecule has 100 valence electrons. The van der Waals surface area contributed by atoms with Gasteiger partial charge in [0.2, 0.25) is 5.78 Å². The van der Waals surface area contributed by atoms with Crippen LogP contribution in [0.25, 0.3) is 11.0 Å². The predicted molar refractivity (Wildman–Crippen MR) is 91.2 cm³/mol. The lowest BCUT2D eigenvalue weighted by Crippen LogP contribution is -2.02. The number of benzene rings is 2. The summed E-state index contributed by atoms with van der Waals surface area (Å²) in [4.78, 5) is 12.6. The molecule has 0 saturated heterocycles. The summed E-state index contributed by atoms with van der Waals surface area (Å²) in [5, 5.41) is 0.957. The highest BCUT2D eigenvalue weighted by Gasteiger charge is 2.18. The van der Waals surface area contributed by atoms with Crippen molar-refractivity contribution in [3.8, 4) is 0 Å². The van der Waals surface area contributed by atoms with Crippen LogP contribution in [0.2, 0.25) is 0 Å². The standard InChI is InChI=1S/C16H10BrIO2/c1-9-3-2-4-10-7-14(20-16(9)10)15(19)12-8-11(17)5-6-13(12)18/h2-8H,1H3. The van der Waals surface area contributed by atoms with Crippen LogP contribution in [-0.4, -0.2) is 5.78 Å². The van der Waals surface area contributed by atoms with Gasteiger partial charge < -0.3 is 4.42 Å². The first kappa shape index (κ1) is 13.8. The van der Waals surface area contributed by atoms with E-state index in [2.05, 4.69) is 38.5 Å². The summed E-state index contributed by atoms with van der Waals surface area (Å²) in [7, 11) is 0. The third-order valence-electron chi connectivity index (χ3n) is 3.14. The van der Waals surface area contributed by atoms with Gasteiger partial charge in [0.05, 0.1) is 0 Å². The number of ketones is 1. The Morgan fingerprint density at radius 2 is 2.00 bits per heavy atom. The van der Waals surface area contributed by atoms with Gasteiger partial charge in [-0.15, -0.1) is 0 Å². The van der Waals surface area contributed by atoms with E-state index in [1.54, 1.807) is 0 Å². The fraction of sp³-hybridized carbons (Fsp3) is 0.0625. The third kappa shape index (κ3) is 2.42. The van der Waals surface area contributed by atoms with Crippen LogP contribution in [0.5, 0.6) is 0 Å². The molecule has 0 radical (unpaired) electrons. The normalized spacial score (nSPS) is 10.9. The summed E-state index contributed by atoms with van der Waals surface area (Å²) >= 11 is 5.56. The lowest BCUT2D eigenvalue weighted by atomic mass is 10.1. The van der Waals surface area contributed by atoms with E-state index in [-0.39, 0.29) is 5.78 Å². The molecule has 0 spiro atoms. The number of furan rings is 1. The molecule has 2 nitrogen and oxygen atoms in total. The summed E-state index contributed by atoms with van der Waals surface area (Å²) in [6.45, 7) is 1.98. The second kappa shape index (κ2) is 5.33. The molecule has 0 amide bonds. The Bertz CT molecular complexity index is 820. The summed E-state index contributed by atoms with van der Waals surface area (Å²) in [5.41, 5.74) is 2.46. The highest BCUT2D eigenvalue weighted by atomic mass is 127. The highest BCUT2D eigenvalue weighted by molar-refractivity contribution is 14.1. The number of fused-ring (bicyclic) bond motifs is 1. The first-order chi connectivity index (χ1) is 9.56. The maximum absolute atomic E-state index is 12.6. The SMILES string of the molecule is Cc1cccc2cc(C(=O)c3cc(Br)ccc3I)oc12. The van der Waals surface area contributed by atoms with Gasteiger partial charge in [-0.2, -0.15) is 0 Å². The number of para-hydroxylation sites is 1. The lowest BCUT2D eigenvalue weighted by Gasteiger charge is -2.02. The van der Waals surface area contributed by atoms with Gasteiger partial charge in [0.1, 0.15) is 5.58 Å². The zero-order valence-corrected chi connectivity index (χ0v) is 14.4. The molecular formula is C16H10BrIO2. The number of hydrogen-bond donors (Lipinski definition) is 0. The van der Waals surface area contributed by atoms with Crippen LogP contribution in [0, 0.1) is 10.5 Å². The predicted octanol–water partition coefficient (Wildman–Crippen LogP) is 5.34. The van der Waals surface area contributed by atoms with Crippen LogP contribution >= 0.6 is 38.5 Å². The Kier molecular flexibility index (Phi) is 3.69. The molecule has 0 saturated carbocycles. The molecule has 0 fully saturated rings. The summed E-state index contributed by atoms with van der Waals surface area (Å²) in [5.74, 6) is 0.289. The molecule has 4 heteroatoms. The Balaban J connectivity index is 2.13. The van der Waals surface area contributed by atoms with Gasteiger partial charge in [-0.1, -0.05) is 34.1 Å². The molecule has 0 bridgehead atoms. The van der Waals surface area contributed by atoms with Crippen molar-refractivity contribution in [1.29, 1.82) is 0 Å². The van der Waals surface area contributed by atoms with E-state index in [4.69, 9.17) is 4.42 Å². The van der Waals surface area contributed by atoms with E-state index in [9.17, 15) is 4.79 Å². The highest BCUT2D eigenvalue weighted by Crippen LogP contribution is 2.26. The molecule has 0 aliphatic carbocycles. The molecule has 20 heavy (non-hydrogen) atoms. The summed E-state index contributed by atoms with van der Waals surface area (Å²) in [6.07, 6.45) is 0. The number of carbonyl (C=O) groups excluding carboxylic acids is 1. The average molecular weight is 441 g/mol. The van der Waals surface area contributed by atoms with Gasteiger partial charge in [-0.25, -0.2) is 0 Å². The number of halogens is 2. The van der Waals surface area contributed by atoms with Gasteiger partial charge in [0.25, 0.3) is 0 Å². The Morgan fingerprint density at radius 1 is 1.20 bits per heavy atom. The second-order valence-corrected chi connectivity index (χ2v) is 6.64. The fourth-order valence-electron chi connectivity index (χ4n) is 2.13. The molecule has 0 N–H and O–H groups in total. The van der Waals surface area contributed by atoms with Crippen LogP contribution < -0.4 is 0 Å². The molecule has 3 rings (SSSR count). The first-order valence-corrected chi connectivity index (χ1v) is 7.92. The number of hydrogen-bond acceptors (Lipinski definition) is 2. The van der Waals surface area contributed by atoms with Gasteiger partial charge in [-0.05, 0) is 59.3 Å². The molecule has 0 aliphatic rings.